The molecule has 0 saturated heterocycles. The highest BCUT2D eigenvalue weighted by molar-refractivity contribution is 7.80. The molecule has 0 aromatic heterocycles. The van der Waals surface area contributed by atoms with Gasteiger partial charge in [0.05, 0.1) is 23.2 Å². The molecular formula is C13H17ClN2O2S. The van der Waals surface area contributed by atoms with E-state index in [0.29, 0.717) is 22.8 Å². The molecule has 4 nitrogen and oxygen atoms in total. The number of hydrogen-bond acceptors (Lipinski definition) is 3. The molecule has 0 bridgehead atoms. The molecule has 0 spiro atoms. The second-order valence-electron chi connectivity index (χ2n) is 4.35. The number of methoxy groups -OCH3 is 1. The highest BCUT2D eigenvalue weighted by Gasteiger charge is 2.29. The third-order valence-corrected chi connectivity index (χ3v) is 3.73. The number of ether oxygens (including phenoxy) is 1. The van der Waals surface area contributed by atoms with Gasteiger partial charge in [-0.25, -0.2) is 0 Å². The summed E-state index contributed by atoms with van der Waals surface area (Å²) in [6, 6.07) is 4.82. The lowest BCUT2D eigenvalue weighted by Crippen LogP contribution is -2.54. The van der Waals surface area contributed by atoms with E-state index in [1.54, 1.807) is 25.1 Å². The average Bonchev–Trinajstić information content (AvgIpc) is 2.37. The Morgan fingerprint density at radius 1 is 1.58 bits per heavy atom. The van der Waals surface area contributed by atoms with Gasteiger partial charge in [0.15, 0.2) is 0 Å². The molecule has 1 atom stereocenters. The molecule has 0 aliphatic heterocycles. The van der Waals surface area contributed by atoms with Crippen molar-refractivity contribution in [1.29, 1.82) is 0 Å². The number of rotatable bonds is 5. The van der Waals surface area contributed by atoms with E-state index in [2.05, 4.69) is 5.32 Å². The predicted octanol–water partition coefficient (Wildman–Crippen LogP) is 2.53. The van der Waals surface area contributed by atoms with E-state index < -0.39 is 5.54 Å². The molecule has 0 heterocycles. The van der Waals surface area contributed by atoms with Gasteiger partial charge in [-0.2, -0.15) is 0 Å². The van der Waals surface area contributed by atoms with E-state index in [1.807, 2.05) is 6.92 Å². The van der Waals surface area contributed by atoms with Crippen molar-refractivity contribution in [3.05, 3.63) is 28.8 Å². The molecule has 1 rings (SSSR count). The van der Waals surface area contributed by atoms with Crippen LogP contribution in [0.1, 0.15) is 30.6 Å². The Balaban J connectivity index is 3.05. The summed E-state index contributed by atoms with van der Waals surface area (Å²) >= 11 is 10.8. The third-order valence-electron chi connectivity index (χ3n) is 3.05. The molecular weight excluding hydrogens is 284 g/mol. The third kappa shape index (κ3) is 3.58. The maximum Gasteiger partial charge on any atom is 0.255 e. The Labute approximate surface area is 123 Å². The highest BCUT2D eigenvalue weighted by Crippen LogP contribution is 2.24. The van der Waals surface area contributed by atoms with Gasteiger partial charge in [0.2, 0.25) is 0 Å². The number of thiocarbonyl (C=S) groups is 1. The second kappa shape index (κ2) is 6.21. The van der Waals surface area contributed by atoms with Crippen molar-refractivity contribution >= 4 is 34.7 Å². The van der Waals surface area contributed by atoms with Crippen molar-refractivity contribution in [3.63, 3.8) is 0 Å². The summed E-state index contributed by atoms with van der Waals surface area (Å²) in [6.45, 7) is 3.69. The van der Waals surface area contributed by atoms with Crippen molar-refractivity contribution < 1.29 is 9.53 Å². The monoisotopic (exact) mass is 300 g/mol. The quantitative estimate of drug-likeness (QED) is 0.820. The number of benzene rings is 1. The first kappa shape index (κ1) is 15.7. The van der Waals surface area contributed by atoms with Crippen molar-refractivity contribution in [1.82, 2.24) is 5.32 Å². The number of hydrogen-bond donors (Lipinski definition) is 2. The minimum atomic E-state index is -0.725. The van der Waals surface area contributed by atoms with Crippen molar-refractivity contribution in [2.45, 2.75) is 25.8 Å². The zero-order valence-electron chi connectivity index (χ0n) is 11.1. The summed E-state index contributed by atoms with van der Waals surface area (Å²) in [4.78, 5) is 12.5. The van der Waals surface area contributed by atoms with Crippen LogP contribution < -0.4 is 15.8 Å². The van der Waals surface area contributed by atoms with E-state index in [9.17, 15) is 4.79 Å². The molecule has 1 aromatic rings. The minimum Gasteiger partial charge on any atom is -0.496 e. The lowest BCUT2D eigenvalue weighted by Gasteiger charge is -2.28. The number of halogens is 1. The van der Waals surface area contributed by atoms with Crippen LogP contribution in [0.5, 0.6) is 5.75 Å². The molecule has 0 radical (unpaired) electrons. The molecule has 0 fully saturated rings. The summed E-state index contributed by atoms with van der Waals surface area (Å²) in [6.07, 6.45) is 0.601. The van der Waals surface area contributed by atoms with Crippen LogP contribution in [0.3, 0.4) is 0 Å². The first-order valence-corrected chi connectivity index (χ1v) is 6.58. The van der Waals surface area contributed by atoms with Crippen LogP contribution in [-0.4, -0.2) is 23.5 Å². The fourth-order valence-electron chi connectivity index (χ4n) is 1.49. The summed E-state index contributed by atoms with van der Waals surface area (Å²) in [5.41, 5.74) is 5.33. The van der Waals surface area contributed by atoms with Gasteiger partial charge < -0.3 is 15.8 Å². The number of carbonyl (C=O) groups excluding carboxylic acids is 1. The van der Waals surface area contributed by atoms with E-state index in [0.717, 1.165) is 0 Å². The summed E-state index contributed by atoms with van der Waals surface area (Å²) in [5, 5.41) is 3.33. The Hall–Kier alpha value is -1.33. The molecule has 1 aromatic carbocycles. The lowest BCUT2D eigenvalue weighted by molar-refractivity contribution is 0.0923. The fourth-order valence-corrected chi connectivity index (χ4v) is 1.85. The number of nitrogens with two attached hydrogens (primary N) is 1. The standard InChI is InChI=1S/C13H17ClN2O2S/c1-4-13(2,12(15)19)16-11(17)9-6-5-8(14)7-10(9)18-3/h5-7H,4H2,1-3H3,(H2,15,19)(H,16,17). The van der Waals surface area contributed by atoms with Crippen molar-refractivity contribution in [2.24, 2.45) is 5.73 Å². The largest absolute Gasteiger partial charge is 0.496 e. The Morgan fingerprint density at radius 3 is 2.68 bits per heavy atom. The average molecular weight is 301 g/mol. The Kier molecular flexibility index (Phi) is 5.14. The lowest BCUT2D eigenvalue weighted by atomic mass is 9.98. The van der Waals surface area contributed by atoms with Gasteiger partial charge in [0.25, 0.3) is 5.91 Å². The van der Waals surface area contributed by atoms with Crippen LogP contribution in [0.2, 0.25) is 5.02 Å². The van der Waals surface area contributed by atoms with Gasteiger partial charge >= 0.3 is 0 Å². The first-order chi connectivity index (χ1) is 8.84. The van der Waals surface area contributed by atoms with Crippen LogP contribution in [-0.2, 0) is 0 Å². The summed E-state index contributed by atoms with van der Waals surface area (Å²) < 4.78 is 5.15. The molecule has 104 valence electrons. The normalized spacial score (nSPS) is 13.5. The maximum absolute atomic E-state index is 12.3. The molecule has 1 amide bonds. The van der Waals surface area contributed by atoms with E-state index >= 15 is 0 Å². The zero-order chi connectivity index (χ0) is 14.6. The van der Waals surface area contributed by atoms with Crippen molar-refractivity contribution in [3.8, 4) is 5.75 Å². The van der Waals surface area contributed by atoms with E-state index in [-0.39, 0.29) is 10.9 Å². The number of nitrogens with one attached hydrogen (secondary N) is 1. The first-order valence-electron chi connectivity index (χ1n) is 5.80. The molecule has 6 heteroatoms. The summed E-state index contributed by atoms with van der Waals surface area (Å²) in [7, 11) is 1.48. The fraction of sp³-hybridized carbons (Fsp3) is 0.385. The van der Waals surface area contributed by atoms with Crippen LogP contribution >= 0.6 is 23.8 Å². The molecule has 0 aliphatic rings. The second-order valence-corrected chi connectivity index (χ2v) is 5.22. The van der Waals surface area contributed by atoms with E-state index in [4.69, 9.17) is 34.3 Å². The smallest absolute Gasteiger partial charge is 0.255 e. The van der Waals surface area contributed by atoms with Crippen LogP contribution in [0, 0.1) is 0 Å². The van der Waals surface area contributed by atoms with E-state index in [1.165, 1.54) is 7.11 Å². The predicted molar refractivity (Wildman–Crippen MR) is 81.0 cm³/mol. The van der Waals surface area contributed by atoms with Gasteiger partial charge in [-0.1, -0.05) is 30.7 Å². The van der Waals surface area contributed by atoms with Gasteiger partial charge in [0.1, 0.15) is 5.75 Å². The number of carbonyl (C=O) groups is 1. The minimum absolute atomic E-state index is 0.247. The topological polar surface area (TPSA) is 64.3 Å². The zero-order valence-corrected chi connectivity index (χ0v) is 12.7. The van der Waals surface area contributed by atoms with Gasteiger partial charge in [0, 0.05) is 5.02 Å². The van der Waals surface area contributed by atoms with Crippen LogP contribution in [0.25, 0.3) is 0 Å². The molecule has 0 aliphatic carbocycles. The van der Waals surface area contributed by atoms with Crippen LogP contribution in [0.15, 0.2) is 18.2 Å². The Bertz CT molecular complexity index is 507. The van der Waals surface area contributed by atoms with Crippen LogP contribution in [0.4, 0.5) is 0 Å². The molecule has 1 unspecified atom stereocenters. The van der Waals surface area contributed by atoms with Gasteiger partial charge in [-0.05, 0) is 31.5 Å². The van der Waals surface area contributed by atoms with Crippen molar-refractivity contribution in [2.75, 3.05) is 7.11 Å². The molecule has 3 N–H and O–H groups in total. The van der Waals surface area contributed by atoms with Gasteiger partial charge in [-0.15, -0.1) is 0 Å². The Morgan fingerprint density at radius 2 is 2.21 bits per heavy atom. The van der Waals surface area contributed by atoms with Gasteiger partial charge in [-0.3, -0.25) is 4.79 Å². The molecule has 0 saturated carbocycles. The maximum atomic E-state index is 12.3. The SMILES string of the molecule is CCC(C)(NC(=O)c1ccc(Cl)cc1OC)C(N)=S. The summed E-state index contributed by atoms with van der Waals surface area (Å²) in [5.74, 6) is 0.108. The number of amides is 1. The molecule has 19 heavy (non-hydrogen) atoms. The highest BCUT2D eigenvalue weighted by atomic mass is 35.5.